The Kier molecular flexibility index (Phi) is 22.2. The van der Waals surface area contributed by atoms with Crippen LogP contribution in [0.15, 0.2) is 36.4 Å². The van der Waals surface area contributed by atoms with Crippen molar-refractivity contribution in [3.05, 3.63) is 42.0 Å². The van der Waals surface area contributed by atoms with Gasteiger partial charge in [-0.25, -0.2) is 14.4 Å². The monoisotopic (exact) mass is 757 g/mol. The van der Waals surface area contributed by atoms with E-state index in [2.05, 4.69) is 24.1 Å². The number of nitrogens with one attached hydrogen (secondary N) is 1. The molecule has 0 aliphatic rings. The lowest BCUT2D eigenvalue weighted by atomic mass is 9.82. The van der Waals surface area contributed by atoms with Gasteiger partial charge in [0.05, 0.1) is 12.3 Å². The van der Waals surface area contributed by atoms with Crippen LogP contribution >= 0.6 is 0 Å². The molecule has 1 aromatic carbocycles. The molecule has 1 rings (SSSR count). The van der Waals surface area contributed by atoms with Crippen LogP contribution in [-0.2, 0) is 44.7 Å². The summed E-state index contributed by atoms with van der Waals surface area (Å²) >= 11 is 0. The number of carboxylic acids is 2. The Morgan fingerprint density at radius 2 is 1.50 bits per heavy atom. The molecule has 4 N–H and O–H groups in total. The zero-order valence-corrected chi connectivity index (χ0v) is 32.4. The van der Waals surface area contributed by atoms with Gasteiger partial charge in [-0.3, -0.25) is 14.4 Å². The molecule has 0 radical (unpaired) electrons. The largest absolute Gasteiger partial charge is 0.481 e. The Labute approximate surface area is 319 Å². The molecule has 1 amide bonds. The fourth-order valence-electron chi connectivity index (χ4n) is 5.44. The van der Waals surface area contributed by atoms with Crippen LogP contribution < -0.4 is 10.1 Å². The number of esters is 2. The van der Waals surface area contributed by atoms with Gasteiger partial charge < -0.3 is 34.8 Å². The van der Waals surface area contributed by atoms with Crippen molar-refractivity contribution in [2.75, 3.05) is 13.2 Å². The normalized spacial score (nSPS) is 13.4. The maximum absolute atomic E-state index is 13.8. The Morgan fingerprint density at radius 3 is 2.06 bits per heavy atom. The number of aliphatic carboxylic acids is 2. The van der Waals surface area contributed by atoms with Crippen LogP contribution in [0, 0.1) is 17.8 Å². The maximum atomic E-state index is 13.8. The van der Waals surface area contributed by atoms with Gasteiger partial charge in [0.2, 0.25) is 5.91 Å². The van der Waals surface area contributed by atoms with Crippen molar-refractivity contribution in [1.82, 2.24) is 5.32 Å². The smallest absolute Gasteiger partial charge is 0.344 e. The van der Waals surface area contributed by atoms with Gasteiger partial charge in [-0.1, -0.05) is 75.7 Å². The molecule has 0 saturated carbocycles. The van der Waals surface area contributed by atoms with Crippen LogP contribution in [0.2, 0.25) is 0 Å². The quantitative estimate of drug-likeness (QED) is 0.0368. The van der Waals surface area contributed by atoms with E-state index >= 15 is 0 Å². The molecule has 13 heteroatoms. The van der Waals surface area contributed by atoms with Crippen LogP contribution in [0.3, 0.4) is 0 Å². The fourth-order valence-corrected chi connectivity index (χ4v) is 5.44. The van der Waals surface area contributed by atoms with Gasteiger partial charge in [-0.15, -0.1) is 5.92 Å². The van der Waals surface area contributed by atoms with E-state index in [-0.39, 0.29) is 18.8 Å². The molecule has 54 heavy (non-hydrogen) atoms. The number of Topliss-reactive ketones (excluding diaryl/α,β-unsaturated/α-hetero) is 1. The topological polar surface area (TPSA) is 203 Å². The van der Waals surface area contributed by atoms with Gasteiger partial charge in [0.1, 0.15) is 29.8 Å². The summed E-state index contributed by atoms with van der Waals surface area (Å²) in [6.45, 7) is 8.09. The maximum Gasteiger partial charge on any atom is 0.344 e. The molecule has 0 heterocycles. The standard InChI is InChI=1S/C41H59NO12/c1-6-8-10-13-16-19-31(43)20-17-14-11-12-15-18-21-33(41(51,39(49)50)28-35(44)45)37(47)42-34(38(48)53-29-36(46)54-40(3,4)5)27-30-22-24-32(25-23-30)52-26-9-7-2/h18,21-25,33-34,51H,6,8,10-17,19-20,26-29H2,1-5H3,(H,42,47)(H,44,45)(H,49,50)/b21-18+/t33-,34+,41+/m1/s1. The van der Waals surface area contributed by atoms with E-state index in [9.17, 15) is 44.1 Å². The first-order valence-electron chi connectivity index (χ1n) is 18.7. The lowest BCUT2D eigenvalue weighted by Gasteiger charge is -2.30. The highest BCUT2D eigenvalue weighted by Crippen LogP contribution is 2.26. The molecule has 0 aliphatic heterocycles. The molecule has 0 bridgehead atoms. The molecule has 0 aliphatic carbocycles. The predicted octanol–water partition coefficient (Wildman–Crippen LogP) is 5.73. The van der Waals surface area contributed by atoms with E-state index in [1.165, 1.54) is 12.5 Å². The number of rotatable bonds is 27. The van der Waals surface area contributed by atoms with Gasteiger partial charge >= 0.3 is 23.9 Å². The first kappa shape index (κ1) is 47.3. The van der Waals surface area contributed by atoms with Crippen molar-refractivity contribution in [1.29, 1.82) is 0 Å². The molecule has 13 nitrogen and oxygen atoms in total. The third-order valence-corrected chi connectivity index (χ3v) is 8.26. The molecule has 3 atom stereocenters. The van der Waals surface area contributed by atoms with Crippen LogP contribution in [0.1, 0.15) is 124 Å². The Hall–Kier alpha value is -4.70. The van der Waals surface area contributed by atoms with Crippen LogP contribution in [-0.4, -0.2) is 81.3 Å². The average Bonchev–Trinajstić information content (AvgIpc) is 3.09. The van der Waals surface area contributed by atoms with E-state index in [4.69, 9.17) is 14.2 Å². The lowest BCUT2D eigenvalue weighted by molar-refractivity contribution is -0.172. The van der Waals surface area contributed by atoms with E-state index in [0.717, 1.165) is 51.0 Å². The van der Waals surface area contributed by atoms with E-state index in [1.807, 2.05) is 0 Å². The van der Waals surface area contributed by atoms with Gasteiger partial charge in [0.25, 0.3) is 0 Å². The fraction of sp³-hybridized carbons (Fsp3) is 0.610. The van der Waals surface area contributed by atoms with E-state index < -0.39 is 66.0 Å². The van der Waals surface area contributed by atoms with Crippen molar-refractivity contribution in [2.45, 2.75) is 142 Å². The number of unbranched alkanes of at least 4 members (excludes halogenated alkanes) is 8. The summed E-state index contributed by atoms with van der Waals surface area (Å²) in [5.41, 5.74) is -3.42. The average molecular weight is 758 g/mol. The second kappa shape index (κ2) is 25.3. The number of carbonyl (C=O) groups is 6. The summed E-state index contributed by atoms with van der Waals surface area (Å²) in [5, 5.41) is 33.0. The number of aliphatic hydroxyl groups is 1. The molecule has 300 valence electrons. The number of allylic oxidation sites excluding steroid dienone is 1. The number of ketones is 1. The van der Waals surface area contributed by atoms with Gasteiger partial charge in [-0.05, 0) is 71.1 Å². The van der Waals surface area contributed by atoms with Gasteiger partial charge in [0, 0.05) is 19.3 Å². The Morgan fingerprint density at radius 1 is 0.889 bits per heavy atom. The van der Waals surface area contributed by atoms with Crippen molar-refractivity contribution < 1.29 is 58.3 Å². The summed E-state index contributed by atoms with van der Waals surface area (Å²) in [6, 6.07) is 4.99. The molecule has 0 aromatic heterocycles. The summed E-state index contributed by atoms with van der Waals surface area (Å²) < 4.78 is 15.9. The second-order valence-corrected chi connectivity index (χ2v) is 14.2. The Balaban J connectivity index is 3.12. The minimum Gasteiger partial charge on any atom is -0.481 e. The van der Waals surface area contributed by atoms with E-state index in [1.54, 1.807) is 52.0 Å². The third kappa shape index (κ3) is 19.9. The summed E-state index contributed by atoms with van der Waals surface area (Å²) in [7, 11) is 0. The first-order valence-corrected chi connectivity index (χ1v) is 18.7. The highest BCUT2D eigenvalue weighted by Gasteiger charge is 2.49. The summed E-state index contributed by atoms with van der Waals surface area (Å²) in [4.78, 5) is 75.4. The van der Waals surface area contributed by atoms with Crippen LogP contribution in [0.4, 0.5) is 0 Å². The molecule has 0 spiro atoms. The number of amides is 1. The molecule has 0 unspecified atom stereocenters. The summed E-state index contributed by atoms with van der Waals surface area (Å²) in [5.74, 6) is -2.37. The second-order valence-electron chi connectivity index (χ2n) is 14.2. The SMILES string of the molecule is CC#CCOc1ccc(C[C@H](NC(=O)[C@@H](/C=C/CCCCCCC(=O)CCCCCCC)[C@@](O)(CC(=O)O)C(=O)O)C(=O)OCC(=O)OC(C)(C)C)cc1. The number of carboxylic acid groups (broad SMARTS) is 2. The number of hydrogen-bond donors (Lipinski definition) is 4. The lowest BCUT2D eigenvalue weighted by Crippen LogP contribution is -2.55. The van der Waals surface area contributed by atoms with Crippen molar-refractivity contribution in [3.8, 4) is 17.6 Å². The highest BCUT2D eigenvalue weighted by atomic mass is 16.6. The van der Waals surface area contributed by atoms with Gasteiger partial charge in [0.15, 0.2) is 12.2 Å². The Bertz CT molecular complexity index is 1450. The van der Waals surface area contributed by atoms with E-state index in [0.29, 0.717) is 37.0 Å². The molecule has 0 fully saturated rings. The third-order valence-electron chi connectivity index (χ3n) is 8.26. The molecular weight excluding hydrogens is 698 g/mol. The summed E-state index contributed by atoms with van der Waals surface area (Å²) in [6.07, 6.45) is 11.0. The number of benzene rings is 1. The minimum absolute atomic E-state index is 0.156. The van der Waals surface area contributed by atoms with Crippen LogP contribution in [0.5, 0.6) is 5.75 Å². The highest BCUT2D eigenvalue weighted by molar-refractivity contribution is 5.95. The van der Waals surface area contributed by atoms with Crippen molar-refractivity contribution in [3.63, 3.8) is 0 Å². The molecule has 0 saturated heterocycles. The zero-order valence-electron chi connectivity index (χ0n) is 32.4. The number of carbonyl (C=O) groups excluding carboxylic acids is 4. The molecular formula is C41H59NO12. The first-order chi connectivity index (χ1) is 25.5. The zero-order chi connectivity index (χ0) is 40.6. The predicted molar refractivity (Wildman–Crippen MR) is 201 cm³/mol. The van der Waals surface area contributed by atoms with Crippen LogP contribution in [0.25, 0.3) is 0 Å². The van der Waals surface area contributed by atoms with Crippen molar-refractivity contribution >= 4 is 35.6 Å². The minimum atomic E-state index is -3.07. The molecule has 1 aromatic rings. The van der Waals surface area contributed by atoms with Crippen molar-refractivity contribution in [2.24, 2.45) is 5.92 Å². The van der Waals surface area contributed by atoms with Gasteiger partial charge in [-0.2, -0.15) is 0 Å². The number of hydrogen-bond acceptors (Lipinski definition) is 10. The number of ether oxygens (including phenoxy) is 3.